The Bertz CT molecular complexity index is 1120. The van der Waals surface area contributed by atoms with Crippen molar-refractivity contribution in [2.75, 3.05) is 0 Å². The Kier molecular flexibility index (Phi) is 5.77. The van der Waals surface area contributed by atoms with E-state index in [4.69, 9.17) is 0 Å². The quantitative estimate of drug-likeness (QED) is 0.468. The summed E-state index contributed by atoms with van der Waals surface area (Å²) in [6.07, 6.45) is 4.84. The van der Waals surface area contributed by atoms with Crippen LogP contribution < -0.4 is 5.32 Å². The first-order valence-corrected chi connectivity index (χ1v) is 11.6. The molecule has 0 spiro atoms. The molecule has 0 aromatic heterocycles. The Hall–Kier alpha value is -3.74. The lowest BCUT2D eigenvalue weighted by Crippen LogP contribution is -2.45. The first-order chi connectivity index (χ1) is 16.4. The standard InChI is InChI=1S/C27H26N2O5/c30-22(28-20(27(33)34)13-16-7-3-1-4-8-16)15-21(17-9-5-2-6-10-17)29-25(31)23-18-11-12-19(14-18)24(23)26(29)32/h1-12,18-21,23-24H,13-15H2,(H,28,30)(H,33,34). The van der Waals surface area contributed by atoms with Crippen molar-refractivity contribution in [2.24, 2.45) is 23.7 Å². The van der Waals surface area contributed by atoms with Crippen LogP contribution in [0.4, 0.5) is 0 Å². The van der Waals surface area contributed by atoms with Crippen LogP contribution in [0.15, 0.2) is 72.8 Å². The summed E-state index contributed by atoms with van der Waals surface area (Å²) in [5.41, 5.74) is 1.46. The number of likely N-dealkylation sites (tertiary alicyclic amines) is 1. The molecule has 7 heteroatoms. The zero-order valence-electron chi connectivity index (χ0n) is 18.5. The zero-order chi connectivity index (χ0) is 23.8. The molecule has 2 N–H and O–H groups in total. The minimum absolute atomic E-state index is 0.0731. The van der Waals surface area contributed by atoms with Gasteiger partial charge in [0.25, 0.3) is 0 Å². The average molecular weight is 459 g/mol. The van der Waals surface area contributed by atoms with Crippen LogP contribution in [0.2, 0.25) is 0 Å². The summed E-state index contributed by atoms with van der Waals surface area (Å²) >= 11 is 0. The van der Waals surface area contributed by atoms with E-state index in [9.17, 15) is 24.3 Å². The Balaban J connectivity index is 1.37. The third kappa shape index (κ3) is 3.91. The van der Waals surface area contributed by atoms with Crippen LogP contribution in [0.3, 0.4) is 0 Å². The molecule has 3 aliphatic rings. The minimum atomic E-state index is -1.14. The van der Waals surface area contributed by atoms with Gasteiger partial charge in [0.2, 0.25) is 17.7 Å². The second kappa shape index (κ2) is 8.89. The van der Waals surface area contributed by atoms with Crippen molar-refractivity contribution in [1.82, 2.24) is 10.2 Å². The molecule has 1 heterocycles. The molecule has 2 aromatic rings. The molecule has 0 radical (unpaired) electrons. The molecular weight excluding hydrogens is 432 g/mol. The largest absolute Gasteiger partial charge is 0.480 e. The van der Waals surface area contributed by atoms with Crippen LogP contribution in [0.25, 0.3) is 0 Å². The van der Waals surface area contributed by atoms with Crippen molar-refractivity contribution < 1.29 is 24.3 Å². The topological polar surface area (TPSA) is 104 Å². The van der Waals surface area contributed by atoms with E-state index in [0.717, 1.165) is 12.0 Å². The van der Waals surface area contributed by atoms with Crippen molar-refractivity contribution in [2.45, 2.75) is 31.3 Å². The maximum Gasteiger partial charge on any atom is 0.326 e. The molecule has 2 aliphatic carbocycles. The number of rotatable bonds is 8. The highest BCUT2D eigenvalue weighted by Gasteiger charge is 2.60. The highest BCUT2D eigenvalue weighted by Crippen LogP contribution is 2.54. The number of aliphatic carboxylic acids is 1. The van der Waals surface area contributed by atoms with E-state index in [1.807, 2.05) is 36.4 Å². The predicted molar refractivity (Wildman–Crippen MR) is 123 cm³/mol. The normalized spacial score (nSPS) is 26.4. The van der Waals surface area contributed by atoms with Crippen LogP contribution in [0.1, 0.15) is 30.0 Å². The van der Waals surface area contributed by atoms with Crippen LogP contribution >= 0.6 is 0 Å². The van der Waals surface area contributed by atoms with E-state index in [0.29, 0.717) is 5.56 Å². The number of hydrogen-bond donors (Lipinski definition) is 2. The van der Waals surface area contributed by atoms with Crippen LogP contribution in [0, 0.1) is 23.7 Å². The number of nitrogens with zero attached hydrogens (tertiary/aromatic N) is 1. The van der Waals surface area contributed by atoms with Gasteiger partial charge in [0.15, 0.2) is 0 Å². The monoisotopic (exact) mass is 458 g/mol. The summed E-state index contributed by atoms with van der Waals surface area (Å²) in [6.45, 7) is 0. The summed E-state index contributed by atoms with van der Waals surface area (Å²) in [7, 11) is 0. The highest BCUT2D eigenvalue weighted by molar-refractivity contribution is 6.07. The number of hydrogen-bond acceptors (Lipinski definition) is 4. The lowest BCUT2D eigenvalue weighted by molar-refractivity contribution is -0.146. The lowest BCUT2D eigenvalue weighted by Gasteiger charge is -2.28. The summed E-state index contributed by atoms with van der Waals surface area (Å²) in [4.78, 5) is 52.9. The molecule has 2 bridgehead atoms. The van der Waals surface area contributed by atoms with E-state index >= 15 is 0 Å². The van der Waals surface area contributed by atoms with Crippen molar-refractivity contribution >= 4 is 23.7 Å². The van der Waals surface area contributed by atoms with Gasteiger partial charge in [-0.1, -0.05) is 72.8 Å². The van der Waals surface area contributed by atoms with Crippen molar-refractivity contribution in [3.05, 3.63) is 83.9 Å². The average Bonchev–Trinajstić information content (AvgIpc) is 3.52. The number of carboxylic acids is 1. The first kappa shape index (κ1) is 22.1. The van der Waals surface area contributed by atoms with Gasteiger partial charge in [-0.25, -0.2) is 4.79 Å². The number of allylic oxidation sites excluding steroid dienone is 2. The van der Waals surface area contributed by atoms with Crippen molar-refractivity contribution in [3.8, 4) is 0 Å². The Morgan fingerprint density at radius 2 is 1.47 bits per heavy atom. The van der Waals surface area contributed by atoms with Gasteiger partial charge in [0.05, 0.1) is 24.3 Å². The summed E-state index contributed by atoms with van der Waals surface area (Å²) in [5.74, 6) is -2.69. The molecule has 7 nitrogen and oxygen atoms in total. The van der Waals surface area contributed by atoms with E-state index < -0.39 is 24.0 Å². The van der Waals surface area contributed by atoms with Gasteiger partial charge in [0.1, 0.15) is 6.04 Å². The molecule has 1 aliphatic heterocycles. The number of imide groups is 1. The van der Waals surface area contributed by atoms with E-state index in [1.54, 1.807) is 36.4 Å². The molecule has 1 saturated heterocycles. The number of amides is 3. The molecule has 5 rings (SSSR count). The number of carbonyl (C=O) groups excluding carboxylic acids is 3. The van der Waals surface area contributed by atoms with Gasteiger partial charge in [0, 0.05) is 6.42 Å². The zero-order valence-corrected chi connectivity index (χ0v) is 18.5. The Morgan fingerprint density at radius 1 is 0.912 bits per heavy atom. The maximum atomic E-state index is 13.4. The number of benzene rings is 2. The van der Waals surface area contributed by atoms with Crippen molar-refractivity contribution in [3.63, 3.8) is 0 Å². The second-order valence-electron chi connectivity index (χ2n) is 9.33. The van der Waals surface area contributed by atoms with E-state index in [1.165, 1.54) is 4.90 Å². The fourth-order valence-corrected chi connectivity index (χ4v) is 5.74. The molecule has 6 atom stereocenters. The number of carbonyl (C=O) groups is 4. The highest BCUT2D eigenvalue weighted by atomic mass is 16.4. The number of carboxylic acid groups (broad SMARTS) is 1. The first-order valence-electron chi connectivity index (χ1n) is 11.6. The fourth-order valence-electron chi connectivity index (χ4n) is 5.74. The Morgan fingerprint density at radius 3 is 2.03 bits per heavy atom. The lowest BCUT2D eigenvalue weighted by atomic mass is 9.85. The number of fused-ring (bicyclic) bond motifs is 5. The van der Waals surface area contributed by atoms with Crippen LogP contribution in [0.5, 0.6) is 0 Å². The van der Waals surface area contributed by atoms with Gasteiger partial charge >= 0.3 is 5.97 Å². The van der Waals surface area contributed by atoms with Crippen molar-refractivity contribution in [1.29, 1.82) is 0 Å². The molecule has 2 aromatic carbocycles. The summed E-state index contributed by atoms with van der Waals surface area (Å²) in [5, 5.41) is 12.3. The molecule has 174 valence electrons. The summed E-state index contributed by atoms with van der Waals surface area (Å²) in [6, 6.07) is 16.2. The van der Waals surface area contributed by atoms with Crippen LogP contribution in [-0.4, -0.2) is 39.7 Å². The smallest absolute Gasteiger partial charge is 0.326 e. The predicted octanol–water partition coefficient (Wildman–Crippen LogP) is 2.74. The van der Waals surface area contributed by atoms with Gasteiger partial charge in [-0.05, 0) is 29.4 Å². The Labute approximate surface area is 197 Å². The summed E-state index contributed by atoms with van der Waals surface area (Å²) < 4.78 is 0. The third-order valence-corrected chi connectivity index (χ3v) is 7.30. The molecule has 1 saturated carbocycles. The molecular formula is C27H26N2O5. The second-order valence-corrected chi connectivity index (χ2v) is 9.33. The fraction of sp³-hybridized carbons (Fsp3) is 0.333. The SMILES string of the molecule is O=C(CC(c1ccccc1)N1C(=O)C2C3C=CC(C3)C2C1=O)NC(Cc1ccccc1)C(=O)O. The number of nitrogens with one attached hydrogen (secondary N) is 1. The van der Waals surface area contributed by atoms with Gasteiger partial charge in [-0.2, -0.15) is 0 Å². The maximum absolute atomic E-state index is 13.4. The molecule has 6 unspecified atom stereocenters. The molecule has 34 heavy (non-hydrogen) atoms. The van der Waals surface area contributed by atoms with Gasteiger partial charge in [-0.3, -0.25) is 19.3 Å². The van der Waals surface area contributed by atoms with E-state index in [2.05, 4.69) is 5.32 Å². The van der Waals surface area contributed by atoms with Gasteiger partial charge in [-0.15, -0.1) is 0 Å². The van der Waals surface area contributed by atoms with Crippen LogP contribution in [-0.2, 0) is 25.6 Å². The third-order valence-electron chi connectivity index (χ3n) is 7.30. The van der Waals surface area contributed by atoms with E-state index in [-0.39, 0.29) is 48.3 Å². The van der Waals surface area contributed by atoms with Gasteiger partial charge < -0.3 is 10.4 Å². The minimum Gasteiger partial charge on any atom is -0.480 e. The molecule has 3 amide bonds. The molecule has 2 fully saturated rings.